The van der Waals surface area contributed by atoms with Crippen LogP contribution in [-0.4, -0.2) is 52.4 Å². The summed E-state index contributed by atoms with van der Waals surface area (Å²) in [5.74, 6) is -2.73. The molecule has 49 heavy (non-hydrogen) atoms. The molecule has 8 heteroatoms. The number of Topliss-reactive ketones (excluding diaryl/α,β-unsaturated/α-hetero) is 4. The maximum absolute atomic E-state index is 14.9. The number of nitrogens with zero attached hydrogens (tertiary/aromatic N) is 1. The number of hydrogen-bond acceptors (Lipinski definition) is 6. The van der Waals surface area contributed by atoms with Crippen LogP contribution in [0, 0.1) is 57.2 Å². The molecule has 2 amide bonds. The molecule has 1 heterocycles. The Hall–Kier alpha value is -2.38. The van der Waals surface area contributed by atoms with Crippen LogP contribution < -0.4 is 5.73 Å². The van der Waals surface area contributed by atoms with Gasteiger partial charge in [0.15, 0.2) is 5.78 Å². The molecule has 5 atom stereocenters. The summed E-state index contributed by atoms with van der Waals surface area (Å²) >= 11 is 0. The number of rotatable bonds is 15. The van der Waals surface area contributed by atoms with Gasteiger partial charge >= 0.3 is 0 Å². The van der Waals surface area contributed by atoms with Crippen molar-refractivity contribution in [3.63, 3.8) is 0 Å². The molecule has 0 aromatic carbocycles. The molecule has 0 aromatic heterocycles. The molecule has 6 rings (SSSR count). The monoisotopic (exact) mass is 678 g/mol. The predicted octanol–water partition coefficient (Wildman–Crippen LogP) is 6.79. The third-order valence-corrected chi connectivity index (χ3v) is 15.2. The fourth-order valence-corrected chi connectivity index (χ4v) is 11.3. The molecule has 0 radical (unpaired) electrons. The van der Waals surface area contributed by atoms with Crippen molar-refractivity contribution in [1.29, 1.82) is 0 Å². The van der Waals surface area contributed by atoms with Crippen molar-refractivity contribution >= 4 is 34.9 Å². The van der Waals surface area contributed by atoms with Crippen LogP contribution in [0.1, 0.15) is 150 Å². The summed E-state index contributed by atoms with van der Waals surface area (Å²) < 4.78 is 0. The third kappa shape index (κ3) is 6.49. The van der Waals surface area contributed by atoms with Gasteiger partial charge < -0.3 is 10.6 Å². The van der Waals surface area contributed by atoms with Crippen LogP contribution in [-0.2, 0) is 28.8 Å². The maximum atomic E-state index is 14.9. The van der Waals surface area contributed by atoms with E-state index in [0.717, 1.165) is 77.0 Å². The number of fused-ring (bicyclic) bond motifs is 1. The number of hydrogen-bond donors (Lipinski definition) is 1. The Bertz CT molecular complexity index is 1360. The highest BCUT2D eigenvalue weighted by atomic mass is 16.2. The first-order valence-electron chi connectivity index (χ1n) is 19.8. The summed E-state index contributed by atoms with van der Waals surface area (Å²) in [4.78, 5) is 83.6. The van der Waals surface area contributed by atoms with Gasteiger partial charge in [-0.05, 0) is 79.4 Å². The van der Waals surface area contributed by atoms with Crippen molar-refractivity contribution in [3.05, 3.63) is 0 Å². The molecule has 2 N–H and O–H groups in total. The first kappa shape index (κ1) is 36.4. The summed E-state index contributed by atoms with van der Waals surface area (Å²) in [6.45, 7) is 11.0. The molecular weight excluding hydrogens is 616 g/mol. The van der Waals surface area contributed by atoms with Crippen molar-refractivity contribution in [2.45, 2.75) is 156 Å². The van der Waals surface area contributed by atoms with Gasteiger partial charge in [0, 0.05) is 54.9 Å². The first-order valence-corrected chi connectivity index (χ1v) is 19.8. The number of carbonyl (C=O) groups excluding carboxylic acids is 6. The van der Waals surface area contributed by atoms with Gasteiger partial charge in [0.25, 0.3) is 5.91 Å². The molecule has 5 aliphatic carbocycles. The van der Waals surface area contributed by atoms with Crippen LogP contribution in [0.15, 0.2) is 0 Å². The van der Waals surface area contributed by atoms with Crippen molar-refractivity contribution in [2.24, 2.45) is 62.9 Å². The lowest BCUT2D eigenvalue weighted by Crippen LogP contribution is -2.48. The van der Waals surface area contributed by atoms with E-state index >= 15 is 0 Å². The van der Waals surface area contributed by atoms with Crippen molar-refractivity contribution in [1.82, 2.24) is 4.90 Å². The zero-order valence-electron chi connectivity index (χ0n) is 31.0. The zero-order valence-corrected chi connectivity index (χ0v) is 31.0. The number of carbonyl (C=O) groups is 6. The minimum atomic E-state index is -0.997. The third-order valence-electron chi connectivity index (χ3n) is 15.2. The second-order valence-corrected chi connectivity index (χ2v) is 19.0. The van der Waals surface area contributed by atoms with Gasteiger partial charge in [-0.1, -0.05) is 79.6 Å². The summed E-state index contributed by atoms with van der Waals surface area (Å²) in [6.07, 6.45) is 14.9. The normalized spacial score (nSPS) is 29.5. The van der Waals surface area contributed by atoms with Crippen LogP contribution in [0.25, 0.3) is 0 Å². The van der Waals surface area contributed by atoms with E-state index in [1.165, 1.54) is 6.42 Å². The lowest BCUT2D eigenvalue weighted by atomic mass is 9.72. The van der Waals surface area contributed by atoms with E-state index in [1.807, 2.05) is 20.8 Å². The summed E-state index contributed by atoms with van der Waals surface area (Å²) in [7, 11) is 0. The van der Waals surface area contributed by atoms with Gasteiger partial charge in [-0.3, -0.25) is 28.8 Å². The highest BCUT2D eigenvalue weighted by Crippen LogP contribution is 2.88. The van der Waals surface area contributed by atoms with E-state index in [0.29, 0.717) is 25.3 Å². The standard InChI is InChI=1S/C41H62N2O6/c1-38(2,3)31(22-29(44)21-30(34(46)27-15-16-27)26-13-7-6-8-14-26)37(49)43-24-41(39(4,5)40(41)17-10-18-40)23-32(43)33(45)20-28(35(47)36(42)48)19-25-11-9-12-25/h25-28,30-32H,6-24H2,1-5H3,(H2,42,48)/t28?,30-,31+,32-,41?/m0/s1. The highest BCUT2D eigenvalue weighted by Gasteiger charge is 2.85. The maximum Gasteiger partial charge on any atom is 0.285 e. The number of amides is 2. The predicted molar refractivity (Wildman–Crippen MR) is 187 cm³/mol. The fourth-order valence-electron chi connectivity index (χ4n) is 11.3. The molecule has 2 spiro atoms. The topological polar surface area (TPSA) is 132 Å². The van der Waals surface area contributed by atoms with Crippen LogP contribution in [0.5, 0.6) is 0 Å². The largest absolute Gasteiger partial charge is 0.363 e. The second-order valence-electron chi connectivity index (χ2n) is 19.0. The van der Waals surface area contributed by atoms with E-state index in [1.54, 1.807) is 4.90 Å². The lowest BCUT2D eigenvalue weighted by Gasteiger charge is -2.36. The SMILES string of the molecule is CC(C)(C)[C@H](CC(=O)C[C@H](C(=O)C1CC1)C1CCCCC1)C(=O)N1CC2(C[C@H]1C(=O)CC(CC1CCC1)C(=O)C(N)=O)C(C)(C)C21CCC1. The minimum Gasteiger partial charge on any atom is -0.363 e. The number of nitrogens with two attached hydrogens (primary N) is 1. The molecule has 1 aliphatic heterocycles. The fraction of sp³-hybridized carbons (Fsp3) is 0.854. The van der Waals surface area contributed by atoms with Gasteiger partial charge in [-0.2, -0.15) is 0 Å². The summed E-state index contributed by atoms with van der Waals surface area (Å²) in [5, 5.41) is 0. The highest BCUT2D eigenvalue weighted by molar-refractivity contribution is 6.36. The average molecular weight is 679 g/mol. The van der Waals surface area contributed by atoms with Crippen LogP contribution >= 0.6 is 0 Å². The Labute approximate surface area is 293 Å². The van der Waals surface area contributed by atoms with Gasteiger partial charge in [0.1, 0.15) is 11.6 Å². The molecule has 2 unspecified atom stereocenters. The van der Waals surface area contributed by atoms with E-state index in [4.69, 9.17) is 5.73 Å². The molecule has 1 saturated heterocycles. The van der Waals surface area contributed by atoms with Gasteiger partial charge in [0.2, 0.25) is 11.7 Å². The Kier molecular flexibility index (Phi) is 9.89. The van der Waals surface area contributed by atoms with Crippen LogP contribution in [0.3, 0.4) is 0 Å². The Balaban J connectivity index is 1.24. The quantitative estimate of drug-likeness (QED) is 0.190. The molecule has 6 aliphatic rings. The second kappa shape index (κ2) is 13.3. The number of likely N-dealkylation sites (tertiary alicyclic amines) is 1. The van der Waals surface area contributed by atoms with E-state index < -0.39 is 35.0 Å². The van der Waals surface area contributed by atoms with Crippen LogP contribution in [0.4, 0.5) is 0 Å². The van der Waals surface area contributed by atoms with E-state index in [9.17, 15) is 28.8 Å². The van der Waals surface area contributed by atoms with Crippen molar-refractivity contribution in [2.75, 3.05) is 6.54 Å². The molecule has 272 valence electrons. The van der Waals surface area contributed by atoms with Crippen molar-refractivity contribution < 1.29 is 28.8 Å². The molecule has 0 bridgehead atoms. The summed E-state index contributed by atoms with van der Waals surface area (Å²) in [6, 6.07) is -0.692. The molecule has 8 nitrogen and oxygen atoms in total. The van der Waals surface area contributed by atoms with Gasteiger partial charge in [0.05, 0.1) is 6.04 Å². The van der Waals surface area contributed by atoms with E-state index in [-0.39, 0.29) is 76.5 Å². The molecule has 5 saturated carbocycles. The lowest BCUT2D eigenvalue weighted by molar-refractivity contribution is -0.147. The Morgan fingerprint density at radius 2 is 1.45 bits per heavy atom. The van der Waals surface area contributed by atoms with Crippen molar-refractivity contribution in [3.8, 4) is 0 Å². The van der Waals surface area contributed by atoms with E-state index in [2.05, 4.69) is 13.8 Å². The molecule has 0 aromatic rings. The first-order chi connectivity index (χ1) is 23.0. The molecular formula is C41H62N2O6. The van der Waals surface area contributed by atoms with Gasteiger partial charge in [-0.15, -0.1) is 0 Å². The zero-order chi connectivity index (χ0) is 35.5. The minimum absolute atomic E-state index is 0.0236. The number of primary amides is 1. The van der Waals surface area contributed by atoms with Gasteiger partial charge in [-0.25, -0.2) is 0 Å². The smallest absolute Gasteiger partial charge is 0.285 e. The average Bonchev–Trinajstić information content (AvgIpc) is 3.86. The molecule has 6 fully saturated rings. The summed E-state index contributed by atoms with van der Waals surface area (Å²) in [5.41, 5.74) is 4.82. The number of ketones is 4. The Morgan fingerprint density at radius 3 is 1.94 bits per heavy atom. The Morgan fingerprint density at radius 1 is 0.796 bits per heavy atom. The van der Waals surface area contributed by atoms with Crippen LogP contribution in [0.2, 0.25) is 0 Å².